The first kappa shape index (κ1) is 18.1. The molecule has 1 fully saturated rings. The third-order valence-electron chi connectivity index (χ3n) is 4.64. The van der Waals surface area contributed by atoms with Gasteiger partial charge in [0.2, 0.25) is 0 Å². The second-order valence-corrected chi connectivity index (χ2v) is 8.07. The Morgan fingerprint density at radius 1 is 1.41 bits per heavy atom. The zero-order chi connectivity index (χ0) is 19.0. The Hall–Kier alpha value is -2.24. The molecule has 0 aromatic carbocycles. The Morgan fingerprint density at radius 3 is 3.11 bits per heavy atom. The maximum Gasteiger partial charge on any atom is 0.280 e. The Morgan fingerprint density at radius 2 is 2.26 bits per heavy atom. The van der Waals surface area contributed by atoms with Crippen LogP contribution in [0.3, 0.4) is 0 Å². The summed E-state index contributed by atoms with van der Waals surface area (Å²) in [6.45, 7) is 0. The van der Waals surface area contributed by atoms with Crippen molar-refractivity contribution >= 4 is 34.4 Å². The van der Waals surface area contributed by atoms with Crippen molar-refractivity contribution in [1.29, 1.82) is 0 Å². The van der Waals surface area contributed by atoms with E-state index in [1.807, 2.05) is 0 Å². The van der Waals surface area contributed by atoms with Gasteiger partial charge in [0.25, 0.3) is 11.8 Å². The average Bonchev–Trinajstić information content (AvgIpc) is 3.18. The topological polar surface area (TPSA) is 59.3 Å². The second kappa shape index (κ2) is 7.06. The number of amides is 1. The first-order chi connectivity index (χ1) is 13.0. The number of fused-ring (bicyclic) bond motifs is 1. The molecular weight excluding hydrogens is 394 g/mol. The molecule has 3 aromatic heterocycles. The van der Waals surface area contributed by atoms with E-state index in [9.17, 15) is 13.6 Å². The molecule has 1 aliphatic carbocycles. The molecule has 0 unspecified atom stereocenters. The van der Waals surface area contributed by atoms with Gasteiger partial charge in [-0.2, -0.15) is 5.10 Å². The Balaban J connectivity index is 1.60. The summed E-state index contributed by atoms with van der Waals surface area (Å²) in [5.41, 5.74) is 1.60. The van der Waals surface area contributed by atoms with Crippen molar-refractivity contribution in [3.63, 3.8) is 0 Å². The van der Waals surface area contributed by atoms with E-state index in [0.29, 0.717) is 34.0 Å². The summed E-state index contributed by atoms with van der Waals surface area (Å²) in [7, 11) is 0. The number of hydrogen-bond acceptors (Lipinski definition) is 4. The van der Waals surface area contributed by atoms with E-state index in [4.69, 9.17) is 11.6 Å². The molecule has 1 N–H and O–H groups in total. The van der Waals surface area contributed by atoms with Gasteiger partial charge in [-0.1, -0.05) is 41.8 Å². The molecule has 1 atom stereocenters. The maximum absolute atomic E-state index is 14.2. The fourth-order valence-electron chi connectivity index (χ4n) is 3.22. The quantitative estimate of drug-likeness (QED) is 0.653. The van der Waals surface area contributed by atoms with E-state index in [2.05, 4.69) is 27.5 Å². The number of carbonyl (C=O) groups excluding carboxylic acids is 1. The summed E-state index contributed by atoms with van der Waals surface area (Å²) in [6.07, 6.45) is 5.20. The molecule has 0 saturated heterocycles. The van der Waals surface area contributed by atoms with Crippen LogP contribution in [0.4, 0.5) is 8.78 Å². The van der Waals surface area contributed by atoms with Crippen molar-refractivity contribution < 1.29 is 13.6 Å². The SMILES string of the molecule is O=C(N[C@@H]1CCCCCC1(F)F)c1nc(-c2cnn3ccc#cc23)c(Cl)s1. The van der Waals surface area contributed by atoms with Gasteiger partial charge in [-0.15, -0.1) is 0 Å². The zero-order valence-corrected chi connectivity index (χ0v) is 15.7. The highest BCUT2D eigenvalue weighted by Gasteiger charge is 2.41. The fourth-order valence-corrected chi connectivity index (χ4v) is 4.30. The van der Waals surface area contributed by atoms with Crippen LogP contribution in [0.1, 0.15) is 41.9 Å². The molecule has 27 heavy (non-hydrogen) atoms. The van der Waals surface area contributed by atoms with E-state index in [0.717, 1.165) is 17.8 Å². The van der Waals surface area contributed by atoms with Crippen molar-refractivity contribution in [2.75, 3.05) is 0 Å². The number of nitrogens with one attached hydrogen (secondary N) is 1. The van der Waals surface area contributed by atoms with Crippen LogP contribution in [0.25, 0.3) is 16.8 Å². The second-order valence-electron chi connectivity index (χ2n) is 6.46. The smallest absolute Gasteiger partial charge is 0.280 e. The van der Waals surface area contributed by atoms with Crippen molar-refractivity contribution in [2.24, 2.45) is 0 Å². The van der Waals surface area contributed by atoms with Gasteiger partial charge in [0, 0.05) is 18.7 Å². The van der Waals surface area contributed by atoms with Gasteiger partial charge in [-0.05, 0) is 18.9 Å². The number of aromatic nitrogens is 3. The number of nitrogens with zero attached hydrogens (tertiary/aromatic N) is 3. The number of hydrogen-bond donors (Lipinski definition) is 1. The summed E-state index contributed by atoms with van der Waals surface area (Å²) in [5, 5.41) is 6.69. The molecule has 1 aliphatic rings. The summed E-state index contributed by atoms with van der Waals surface area (Å²) in [5.74, 6) is -3.55. The maximum atomic E-state index is 14.2. The number of alkyl halides is 2. The molecule has 140 valence electrons. The van der Waals surface area contributed by atoms with E-state index in [1.54, 1.807) is 23.0 Å². The van der Waals surface area contributed by atoms with E-state index in [1.165, 1.54) is 0 Å². The van der Waals surface area contributed by atoms with Gasteiger partial charge in [0.15, 0.2) is 5.01 Å². The largest absolute Gasteiger partial charge is 0.341 e. The van der Waals surface area contributed by atoms with Crippen molar-refractivity contribution in [2.45, 2.75) is 44.1 Å². The molecule has 9 heteroatoms. The van der Waals surface area contributed by atoms with Gasteiger partial charge in [0.1, 0.15) is 15.5 Å². The molecule has 0 aliphatic heterocycles. The minimum Gasteiger partial charge on any atom is -0.341 e. The molecule has 1 amide bonds. The minimum atomic E-state index is -2.91. The first-order valence-corrected chi connectivity index (χ1v) is 9.76. The standard InChI is InChI=1S/C18H15ClF2N4OS/c19-15-14(11-10-22-25-9-5-3-6-12(11)25)24-17(27-15)16(26)23-13-7-2-1-4-8-18(13,20)21/h5,9-10,13H,1-2,4,7-8H2,(H,23,26)/t13-/m1/s1. The van der Waals surface area contributed by atoms with Crippen LogP contribution < -0.4 is 5.32 Å². The number of rotatable bonds is 3. The van der Waals surface area contributed by atoms with E-state index < -0.39 is 17.9 Å². The van der Waals surface area contributed by atoms with E-state index >= 15 is 0 Å². The van der Waals surface area contributed by atoms with Crippen LogP contribution in [0.5, 0.6) is 0 Å². The molecular formula is C18H15ClF2N4OS. The molecule has 5 nitrogen and oxygen atoms in total. The van der Waals surface area contributed by atoms with Gasteiger partial charge in [-0.25, -0.2) is 18.3 Å². The lowest BCUT2D eigenvalue weighted by atomic mass is 10.1. The number of carbonyl (C=O) groups is 1. The number of thiazole rings is 1. The fraction of sp³-hybridized carbons (Fsp3) is 0.389. The van der Waals surface area contributed by atoms with Crippen molar-refractivity contribution in [3.05, 3.63) is 39.9 Å². The molecule has 4 rings (SSSR count). The normalized spacial score (nSPS) is 19.4. The zero-order valence-electron chi connectivity index (χ0n) is 14.1. The van der Waals surface area contributed by atoms with Crippen LogP contribution in [-0.4, -0.2) is 32.5 Å². The lowest BCUT2D eigenvalue weighted by Gasteiger charge is -2.25. The first-order valence-electron chi connectivity index (χ1n) is 8.57. The molecule has 3 aromatic rings. The monoisotopic (exact) mass is 408 g/mol. The van der Waals surface area contributed by atoms with Gasteiger partial charge < -0.3 is 5.32 Å². The predicted octanol–water partition coefficient (Wildman–Crippen LogP) is 4.41. The van der Waals surface area contributed by atoms with Crippen LogP contribution >= 0.6 is 22.9 Å². The van der Waals surface area contributed by atoms with Crippen LogP contribution in [0.2, 0.25) is 4.34 Å². The third-order valence-corrected chi connectivity index (χ3v) is 5.89. The average molecular weight is 409 g/mol. The Labute approximate surface area is 163 Å². The molecule has 1 saturated carbocycles. The highest BCUT2D eigenvalue weighted by molar-refractivity contribution is 7.18. The summed E-state index contributed by atoms with van der Waals surface area (Å²) in [6, 6.07) is 6.25. The minimum absolute atomic E-state index is 0.0503. The summed E-state index contributed by atoms with van der Waals surface area (Å²) in [4.78, 5) is 16.8. The lowest BCUT2D eigenvalue weighted by Crippen LogP contribution is -2.46. The summed E-state index contributed by atoms with van der Waals surface area (Å²) < 4.78 is 30.3. The third kappa shape index (κ3) is 3.49. The molecule has 0 bridgehead atoms. The van der Waals surface area contributed by atoms with Gasteiger partial charge in [0.05, 0.1) is 17.8 Å². The Kier molecular flexibility index (Phi) is 4.74. The Bertz CT molecular complexity index is 987. The van der Waals surface area contributed by atoms with E-state index in [-0.39, 0.29) is 17.8 Å². The highest BCUT2D eigenvalue weighted by Crippen LogP contribution is 2.36. The van der Waals surface area contributed by atoms with Gasteiger partial charge in [-0.3, -0.25) is 4.79 Å². The van der Waals surface area contributed by atoms with Crippen molar-refractivity contribution in [1.82, 2.24) is 19.9 Å². The molecule has 3 heterocycles. The van der Waals surface area contributed by atoms with Crippen LogP contribution in [-0.2, 0) is 0 Å². The lowest BCUT2D eigenvalue weighted by molar-refractivity contribution is -0.0406. The van der Waals surface area contributed by atoms with Crippen LogP contribution in [0.15, 0.2) is 18.5 Å². The highest BCUT2D eigenvalue weighted by atomic mass is 35.5. The van der Waals surface area contributed by atoms with Gasteiger partial charge >= 0.3 is 0 Å². The predicted molar refractivity (Wildman–Crippen MR) is 98.3 cm³/mol. The number of halogens is 3. The molecule has 0 spiro atoms. The summed E-state index contributed by atoms with van der Waals surface area (Å²) >= 11 is 7.23. The van der Waals surface area contributed by atoms with Crippen LogP contribution in [0, 0.1) is 12.1 Å². The van der Waals surface area contributed by atoms with Crippen molar-refractivity contribution in [3.8, 4) is 11.3 Å². The molecule has 0 radical (unpaired) electrons.